The third kappa shape index (κ3) is 2.47. The fraction of sp³-hybridized carbons (Fsp3) is 0.0625. The van der Waals surface area contributed by atoms with Crippen LogP contribution >= 0.6 is 22.7 Å². The number of hydrogen-bond donors (Lipinski definition) is 1. The van der Waals surface area contributed by atoms with Crippen molar-refractivity contribution in [3.63, 3.8) is 0 Å². The van der Waals surface area contributed by atoms with Gasteiger partial charge in [0.05, 0.1) is 16.1 Å². The normalized spacial score (nSPS) is 11.0. The molecule has 3 heterocycles. The van der Waals surface area contributed by atoms with Crippen LogP contribution in [0.3, 0.4) is 0 Å². The summed E-state index contributed by atoms with van der Waals surface area (Å²) >= 11 is 3.28. The van der Waals surface area contributed by atoms with Gasteiger partial charge in [0.15, 0.2) is 0 Å². The Bertz CT molecular complexity index is 942. The third-order valence-electron chi connectivity index (χ3n) is 3.30. The van der Waals surface area contributed by atoms with Crippen LogP contribution in [0.5, 0.6) is 0 Å². The molecule has 6 heteroatoms. The molecule has 0 radical (unpaired) electrons. The highest BCUT2D eigenvalue weighted by molar-refractivity contribution is 7.16. The lowest BCUT2D eigenvalue weighted by Gasteiger charge is -2.07. The Morgan fingerprint density at radius 1 is 1.09 bits per heavy atom. The molecule has 0 amide bonds. The fourth-order valence-electron chi connectivity index (χ4n) is 2.28. The van der Waals surface area contributed by atoms with Crippen molar-refractivity contribution >= 4 is 44.4 Å². The summed E-state index contributed by atoms with van der Waals surface area (Å²) in [6.45, 7) is 2.02. The molecular weight excluding hydrogens is 312 g/mol. The minimum atomic E-state index is 0.831. The van der Waals surface area contributed by atoms with Crippen LogP contribution in [0.1, 0.15) is 5.01 Å². The maximum Gasteiger partial charge on any atom is 0.142 e. The standard InChI is InChI=1S/C16H12N4S2/c1-10-19-14(8-22-10)11-3-2-4-12(7-11)20-15-13-5-6-21-16(13)18-9-17-15/h2-9H,1H3,(H,17,18,20). The number of nitrogens with one attached hydrogen (secondary N) is 1. The molecule has 0 saturated heterocycles. The van der Waals surface area contributed by atoms with E-state index in [-0.39, 0.29) is 0 Å². The summed E-state index contributed by atoms with van der Waals surface area (Å²) in [5.74, 6) is 0.831. The first kappa shape index (κ1) is 13.4. The van der Waals surface area contributed by atoms with Crippen LogP contribution in [0, 0.1) is 6.92 Å². The summed E-state index contributed by atoms with van der Waals surface area (Å²) in [5.41, 5.74) is 3.11. The Hall–Kier alpha value is -2.31. The summed E-state index contributed by atoms with van der Waals surface area (Å²) in [6.07, 6.45) is 1.59. The third-order valence-corrected chi connectivity index (χ3v) is 4.90. The molecule has 1 aromatic carbocycles. The van der Waals surface area contributed by atoms with Gasteiger partial charge in [-0.2, -0.15) is 0 Å². The van der Waals surface area contributed by atoms with Crippen LogP contribution in [-0.4, -0.2) is 15.0 Å². The number of hydrogen-bond acceptors (Lipinski definition) is 6. The van der Waals surface area contributed by atoms with Crippen LogP contribution in [0.2, 0.25) is 0 Å². The first-order valence-corrected chi connectivity index (χ1v) is 8.53. The number of fused-ring (bicyclic) bond motifs is 1. The van der Waals surface area contributed by atoms with Crippen LogP contribution in [-0.2, 0) is 0 Å². The second-order valence-corrected chi connectivity index (χ2v) is 6.78. The van der Waals surface area contributed by atoms with Gasteiger partial charge in [-0.15, -0.1) is 22.7 Å². The highest BCUT2D eigenvalue weighted by Crippen LogP contribution is 2.29. The summed E-state index contributed by atoms with van der Waals surface area (Å²) in [5, 5.41) is 9.60. The Kier molecular flexibility index (Phi) is 3.32. The van der Waals surface area contributed by atoms with E-state index in [2.05, 4.69) is 37.8 Å². The lowest BCUT2D eigenvalue weighted by atomic mass is 10.1. The van der Waals surface area contributed by atoms with Crippen molar-refractivity contribution < 1.29 is 0 Å². The molecule has 4 aromatic rings. The monoisotopic (exact) mass is 324 g/mol. The van der Waals surface area contributed by atoms with Gasteiger partial charge in [-0.25, -0.2) is 15.0 Å². The average molecular weight is 324 g/mol. The largest absolute Gasteiger partial charge is 0.340 e. The van der Waals surface area contributed by atoms with E-state index in [0.29, 0.717) is 0 Å². The van der Waals surface area contributed by atoms with E-state index >= 15 is 0 Å². The maximum absolute atomic E-state index is 4.54. The van der Waals surface area contributed by atoms with Crippen molar-refractivity contribution in [2.75, 3.05) is 5.32 Å². The number of nitrogens with zero attached hydrogens (tertiary/aromatic N) is 3. The number of aromatic nitrogens is 3. The second kappa shape index (κ2) is 5.47. The minimum absolute atomic E-state index is 0.831. The highest BCUT2D eigenvalue weighted by atomic mass is 32.1. The van der Waals surface area contributed by atoms with Crippen molar-refractivity contribution in [2.24, 2.45) is 0 Å². The molecule has 0 aliphatic rings. The van der Waals surface area contributed by atoms with Crippen LogP contribution in [0.25, 0.3) is 21.5 Å². The molecule has 0 unspecified atom stereocenters. The van der Waals surface area contributed by atoms with E-state index in [4.69, 9.17) is 0 Å². The summed E-state index contributed by atoms with van der Waals surface area (Å²) in [6, 6.07) is 10.3. The number of thiazole rings is 1. The van der Waals surface area contributed by atoms with E-state index in [0.717, 1.165) is 38.0 Å². The lowest BCUT2D eigenvalue weighted by Crippen LogP contribution is -1.94. The Balaban J connectivity index is 1.70. The Labute approximate surface area is 135 Å². The first-order valence-electron chi connectivity index (χ1n) is 6.77. The predicted octanol–water partition coefficient (Wildman–Crippen LogP) is 4.87. The molecule has 3 aromatic heterocycles. The number of aryl methyl sites for hydroxylation is 1. The van der Waals surface area contributed by atoms with E-state index in [1.807, 2.05) is 30.5 Å². The molecule has 108 valence electrons. The van der Waals surface area contributed by atoms with E-state index < -0.39 is 0 Å². The van der Waals surface area contributed by atoms with Gasteiger partial charge in [-0.3, -0.25) is 0 Å². The van der Waals surface area contributed by atoms with Crippen molar-refractivity contribution in [3.05, 3.63) is 52.4 Å². The van der Waals surface area contributed by atoms with E-state index in [1.165, 1.54) is 0 Å². The van der Waals surface area contributed by atoms with Crippen LogP contribution in [0.15, 0.2) is 47.4 Å². The Morgan fingerprint density at radius 2 is 2.05 bits per heavy atom. The number of benzene rings is 1. The number of thiophene rings is 1. The molecule has 0 aliphatic carbocycles. The molecule has 4 nitrogen and oxygen atoms in total. The van der Waals surface area contributed by atoms with Gasteiger partial charge >= 0.3 is 0 Å². The van der Waals surface area contributed by atoms with Crippen molar-refractivity contribution in [1.82, 2.24) is 15.0 Å². The molecule has 4 rings (SSSR count). The van der Waals surface area contributed by atoms with Gasteiger partial charge in [0.1, 0.15) is 17.0 Å². The smallest absolute Gasteiger partial charge is 0.142 e. The number of anilines is 2. The zero-order chi connectivity index (χ0) is 14.9. The fourth-order valence-corrected chi connectivity index (χ4v) is 3.63. The van der Waals surface area contributed by atoms with Crippen molar-refractivity contribution in [3.8, 4) is 11.3 Å². The minimum Gasteiger partial charge on any atom is -0.340 e. The van der Waals surface area contributed by atoms with Gasteiger partial charge in [0, 0.05) is 16.6 Å². The molecular formula is C16H12N4S2. The zero-order valence-electron chi connectivity index (χ0n) is 11.8. The SMILES string of the molecule is Cc1nc(-c2cccc(Nc3ncnc4sccc34)c2)cs1. The molecule has 0 fully saturated rings. The summed E-state index contributed by atoms with van der Waals surface area (Å²) < 4.78 is 0. The molecule has 0 atom stereocenters. The van der Waals surface area contributed by atoms with Gasteiger partial charge in [-0.1, -0.05) is 12.1 Å². The first-order chi connectivity index (χ1) is 10.8. The van der Waals surface area contributed by atoms with Gasteiger partial charge < -0.3 is 5.32 Å². The molecule has 1 N–H and O–H groups in total. The zero-order valence-corrected chi connectivity index (χ0v) is 13.4. The summed E-state index contributed by atoms with van der Waals surface area (Å²) in [7, 11) is 0. The van der Waals surface area contributed by atoms with E-state index in [9.17, 15) is 0 Å². The van der Waals surface area contributed by atoms with Crippen LogP contribution < -0.4 is 5.32 Å². The lowest BCUT2D eigenvalue weighted by molar-refractivity contribution is 1.23. The van der Waals surface area contributed by atoms with Crippen molar-refractivity contribution in [2.45, 2.75) is 6.92 Å². The highest BCUT2D eigenvalue weighted by Gasteiger charge is 2.07. The topological polar surface area (TPSA) is 50.7 Å². The second-order valence-electron chi connectivity index (χ2n) is 4.82. The molecule has 0 saturated carbocycles. The van der Waals surface area contributed by atoms with Crippen molar-refractivity contribution in [1.29, 1.82) is 0 Å². The number of rotatable bonds is 3. The van der Waals surface area contributed by atoms with Gasteiger partial charge in [0.25, 0.3) is 0 Å². The molecule has 0 bridgehead atoms. The molecule has 22 heavy (non-hydrogen) atoms. The van der Waals surface area contributed by atoms with Gasteiger partial charge in [-0.05, 0) is 30.5 Å². The Morgan fingerprint density at radius 3 is 2.91 bits per heavy atom. The molecule has 0 spiro atoms. The molecule has 0 aliphatic heterocycles. The quantitative estimate of drug-likeness (QED) is 0.584. The van der Waals surface area contributed by atoms with E-state index in [1.54, 1.807) is 29.0 Å². The average Bonchev–Trinajstić information content (AvgIpc) is 3.17. The predicted molar refractivity (Wildman–Crippen MR) is 93.0 cm³/mol. The summed E-state index contributed by atoms with van der Waals surface area (Å²) in [4.78, 5) is 14.1. The van der Waals surface area contributed by atoms with Gasteiger partial charge in [0.2, 0.25) is 0 Å². The van der Waals surface area contributed by atoms with Crippen LogP contribution in [0.4, 0.5) is 11.5 Å². The maximum atomic E-state index is 4.54.